The van der Waals surface area contributed by atoms with Gasteiger partial charge in [0.15, 0.2) is 6.10 Å². The molecule has 0 rings (SSSR count). The Hall–Kier alpha value is -2.30. The molecule has 12 heteroatoms. The van der Waals surface area contributed by atoms with Gasteiger partial charge in [0.25, 0.3) is 0 Å². The molecule has 386 valence electrons. The van der Waals surface area contributed by atoms with E-state index in [1.54, 1.807) is 0 Å². The molecular weight excluding hydrogens is 856 g/mol. The van der Waals surface area contributed by atoms with Gasteiger partial charge in [-0.1, -0.05) is 198 Å². The highest BCUT2D eigenvalue weighted by Crippen LogP contribution is 2.43. The van der Waals surface area contributed by atoms with E-state index in [1.807, 2.05) is 0 Å². The summed E-state index contributed by atoms with van der Waals surface area (Å²) in [5.41, 5.74) is 0. The van der Waals surface area contributed by atoms with Gasteiger partial charge in [-0.3, -0.25) is 23.4 Å². The number of aliphatic hydroxyl groups is 1. The lowest BCUT2D eigenvalue weighted by Gasteiger charge is -2.21. The number of hydrogen-bond donors (Lipinski definition) is 2. The van der Waals surface area contributed by atoms with Crippen molar-refractivity contribution in [2.75, 3.05) is 26.4 Å². The average molecular weight is 955 g/mol. The molecule has 0 heterocycles. The molecule has 2 N–H and O–H groups in total. The van der Waals surface area contributed by atoms with Crippen LogP contribution in [-0.2, 0) is 42.2 Å². The second kappa shape index (κ2) is 49.1. The molecule has 0 amide bonds. The summed E-state index contributed by atoms with van der Waals surface area (Å²) in [5, 5.41) is 9.76. The van der Waals surface area contributed by atoms with Crippen molar-refractivity contribution >= 4 is 25.7 Å². The van der Waals surface area contributed by atoms with E-state index in [1.165, 1.54) is 83.5 Å². The minimum Gasteiger partial charge on any atom is -0.462 e. The molecule has 0 saturated heterocycles. The summed E-state index contributed by atoms with van der Waals surface area (Å²) < 4.78 is 39.4. The van der Waals surface area contributed by atoms with E-state index >= 15 is 0 Å². The average Bonchev–Trinajstić information content (AvgIpc) is 3.30. The zero-order valence-electron chi connectivity index (χ0n) is 42.4. The van der Waals surface area contributed by atoms with Gasteiger partial charge in [-0.2, -0.15) is 0 Å². The van der Waals surface area contributed by atoms with Gasteiger partial charge in [-0.25, -0.2) is 4.57 Å². The summed E-state index contributed by atoms with van der Waals surface area (Å²) in [6.07, 6.45) is 48.2. The van der Waals surface area contributed by atoms with Crippen LogP contribution >= 0.6 is 7.82 Å². The van der Waals surface area contributed by atoms with Gasteiger partial charge in [0.2, 0.25) is 0 Å². The lowest BCUT2D eigenvalue weighted by molar-refractivity contribution is -0.161. The quantitative estimate of drug-likeness (QED) is 0.0197. The molecule has 0 fully saturated rings. The minimum absolute atomic E-state index is 0.152. The molecule has 0 spiro atoms. The minimum atomic E-state index is -4.74. The fourth-order valence-electron chi connectivity index (χ4n) is 7.39. The molecule has 0 radical (unpaired) electrons. The molecule has 0 saturated carbocycles. The van der Waals surface area contributed by atoms with E-state index in [0.29, 0.717) is 19.3 Å². The number of hydrogen-bond acceptors (Lipinski definition) is 10. The smallest absolute Gasteiger partial charge is 0.462 e. The number of phosphoric ester groups is 1. The van der Waals surface area contributed by atoms with Crippen LogP contribution in [0.1, 0.15) is 252 Å². The van der Waals surface area contributed by atoms with Crippen molar-refractivity contribution in [2.45, 2.75) is 264 Å². The van der Waals surface area contributed by atoms with Crippen LogP contribution in [0.5, 0.6) is 0 Å². The number of aliphatic hydroxyl groups excluding tert-OH is 1. The summed E-state index contributed by atoms with van der Waals surface area (Å²) in [5.74, 6) is -1.48. The summed E-state index contributed by atoms with van der Waals surface area (Å²) in [7, 11) is -4.74. The van der Waals surface area contributed by atoms with Gasteiger partial charge in [-0.05, 0) is 70.6 Å². The van der Waals surface area contributed by atoms with E-state index in [9.17, 15) is 28.9 Å². The number of allylic oxidation sites excluding steroid dienone is 6. The summed E-state index contributed by atoms with van der Waals surface area (Å²) in [6.45, 7) is 4.55. The molecule has 0 aliphatic heterocycles. The van der Waals surface area contributed by atoms with Gasteiger partial charge >= 0.3 is 25.7 Å². The maximum absolute atomic E-state index is 12.8. The predicted molar refractivity (Wildman–Crippen MR) is 270 cm³/mol. The summed E-state index contributed by atoms with van der Waals surface area (Å²) in [4.78, 5) is 48.3. The predicted octanol–water partition coefficient (Wildman–Crippen LogP) is 15.3. The van der Waals surface area contributed by atoms with Crippen LogP contribution in [0.25, 0.3) is 0 Å². The van der Waals surface area contributed by atoms with Gasteiger partial charge in [-0.15, -0.1) is 0 Å². The fraction of sp³-hybridized carbons (Fsp3) is 0.833. The zero-order chi connectivity index (χ0) is 48.4. The summed E-state index contributed by atoms with van der Waals surface area (Å²) in [6, 6.07) is 0. The van der Waals surface area contributed by atoms with Crippen LogP contribution < -0.4 is 0 Å². The van der Waals surface area contributed by atoms with Crippen molar-refractivity contribution in [1.82, 2.24) is 0 Å². The van der Waals surface area contributed by atoms with Crippen molar-refractivity contribution in [2.24, 2.45) is 0 Å². The molecule has 3 atom stereocenters. The van der Waals surface area contributed by atoms with Crippen molar-refractivity contribution in [3.63, 3.8) is 0 Å². The Morgan fingerprint density at radius 1 is 0.424 bits per heavy atom. The van der Waals surface area contributed by atoms with Crippen molar-refractivity contribution in [3.8, 4) is 0 Å². The Morgan fingerprint density at radius 3 is 1.20 bits per heavy atom. The number of carbonyl (C=O) groups excluding carboxylic acids is 3. The second-order valence-corrected chi connectivity index (χ2v) is 19.5. The normalized spacial score (nSPS) is 13.7. The van der Waals surface area contributed by atoms with Gasteiger partial charge in [0.1, 0.15) is 12.7 Å². The Balaban J connectivity index is 4.74. The Morgan fingerprint density at radius 2 is 0.773 bits per heavy atom. The summed E-state index contributed by atoms with van der Waals surface area (Å²) >= 11 is 0. The molecule has 0 bridgehead atoms. The lowest BCUT2D eigenvalue weighted by Crippen LogP contribution is -2.30. The molecule has 0 aliphatic rings. The highest BCUT2D eigenvalue weighted by atomic mass is 31.2. The lowest BCUT2D eigenvalue weighted by atomic mass is 10.1. The Labute approximate surface area is 403 Å². The fourth-order valence-corrected chi connectivity index (χ4v) is 8.17. The molecule has 0 aromatic rings. The van der Waals surface area contributed by atoms with Crippen LogP contribution in [0, 0.1) is 0 Å². The van der Waals surface area contributed by atoms with Crippen molar-refractivity contribution < 1.29 is 52.2 Å². The molecule has 0 aromatic heterocycles. The number of carbonyl (C=O) groups is 3. The van der Waals surface area contributed by atoms with Crippen LogP contribution in [0.2, 0.25) is 0 Å². The van der Waals surface area contributed by atoms with E-state index in [4.69, 9.17) is 23.3 Å². The highest BCUT2D eigenvalue weighted by Gasteiger charge is 2.28. The molecular formula is C54H99O11P. The largest absolute Gasteiger partial charge is 0.472 e. The molecule has 0 aromatic carbocycles. The molecule has 0 aliphatic carbocycles. The number of unbranched alkanes of at least 4 members (excludes halogenated alkanes) is 27. The standard InChI is InChI=1S/C54H99O11P/c1-4-7-10-13-16-19-22-24-25-27-29-31-34-37-40-43-52(56)61-47-51(65-54(58)45-42-39-36-33-30-26-23-20-17-14-11-8-5-2)49-63-66(59,60)62-48-50(46-55)64-53(57)44-41-38-35-32-28-21-18-15-12-9-6-3/h11,14,20,23-25,50-51,55H,4-10,12-13,15-19,21-22,26-49H2,1-3H3,(H,59,60)/b14-11-,23-20-,25-24-. The Kier molecular flexibility index (Phi) is 47.4. The van der Waals surface area contributed by atoms with Crippen molar-refractivity contribution in [3.05, 3.63) is 36.5 Å². The number of ether oxygens (including phenoxy) is 3. The maximum atomic E-state index is 12.8. The SMILES string of the molecule is CCC/C=C\C/C=C\CCCCCCCC(=O)OC(COC(=O)CCCCCCC/C=C\CCCCCCCC)COP(=O)(O)OCC(CO)OC(=O)CCCCCCCCCCCCC. The third kappa shape index (κ3) is 46.8. The second-order valence-electron chi connectivity index (χ2n) is 18.0. The van der Waals surface area contributed by atoms with E-state index in [-0.39, 0.29) is 25.9 Å². The van der Waals surface area contributed by atoms with Crippen LogP contribution in [0.4, 0.5) is 0 Å². The first-order valence-corrected chi connectivity index (χ1v) is 28.4. The monoisotopic (exact) mass is 955 g/mol. The van der Waals surface area contributed by atoms with E-state index in [0.717, 1.165) is 109 Å². The molecule has 11 nitrogen and oxygen atoms in total. The van der Waals surface area contributed by atoms with E-state index < -0.39 is 57.8 Å². The highest BCUT2D eigenvalue weighted by molar-refractivity contribution is 7.47. The van der Waals surface area contributed by atoms with Gasteiger partial charge in [0.05, 0.1) is 19.8 Å². The first kappa shape index (κ1) is 63.7. The van der Waals surface area contributed by atoms with Crippen LogP contribution in [0.3, 0.4) is 0 Å². The number of rotatable bonds is 50. The first-order chi connectivity index (χ1) is 32.2. The van der Waals surface area contributed by atoms with Gasteiger partial charge < -0.3 is 24.2 Å². The number of phosphoric acid groups is 1. The van der Waals surface area contributed by atoms with Gasteiger partial charge in [0, 0.05) is 19.3 Å². The molecule has 66 heavy (non-hydrogen) atoms. The van der Waals surface area contributed by atoms with E-state index in [2.05, 4.69) is 57.2 Å². The maximum Gasteiger partial charge on any atom is 0.472 e. The number of esters is 3. The Bertz CT molecular complexity index is 1250. The van der Waals surface area contributed by atoms with Crippen molar-refractivity contribution in [1.29, 1.82) is 0 Å². The first-order valence-electron chi connectivity index (χ1n) is 26.9. The third-order valence-corrected chi connectivity index (χ3v) is 12.5. The molecule has 3 unspecified atom stereocenters. The van der Waals surface area contributed by atoms with Crippen LogP contribution in [-0.4, -0.2) is 66.5 Å². The zero-order valence-corrected chi connectivity index (χ0v) is 43.3. The third-order valence-electron chi connectivity index (χ3n) is 11.5. The topological polar surface area (TPSA) is 155 Å². The van der Waals surface area contributed by atoms with Crippen LogP contribution in [0.15, 0.2) is 36.5 Å².